The lowest BCUT2D eigenvalue weighted by molar-refractivity contribution is 0.153. The molecule has 0 bridgehead atoms. The maximum Gasteiger partial charge on any atom is 0.147 e. The standard InChI is InChI=1S/C12H23N5/c1-10(7-13-12(2,3)4)16-5-6-17-9-14-15-11(17)8-16/h9-10,13H,5-8H2,1-4H3. The van der Waals surface area contributed by atoms with E-state index in [0.29, 0.717) is 6.04 Å². The summed E-state index contributed by atoms with van der Waals surface area (Å²) in [7, 11) is 0. The largest absolute Gasteiger partial charge is 0.315 e. The molecule has 1 aliphatic heterocycles. The van der Waals surface area contributed by atoms with Gasteiger partial charge in [0.2, 0.25) is 0 Å². The van der Waals surface area contributed by atoms with Crippen molar-refractivity contribution in [3.63, 3.8) is 0 Å². The molecule has 1 aliphatic rings. The Morgan fingerprint density at radius 1 is 1.41 bits per heavy atom. The van der Waals surface area contributed by atoms with E-state index in [9.17, 15) is 0 Å². The van der Waals surface area contributed by atoms with Crippen LogP contribution in [0, 0.1) is 0 Å². The lowest BCUT2D eigenvalue weighted by atomic mass is 10.1. The van der Waals surface area contributed by atoms with Crippen LogP contribution in [0.4, 0.5) is 0 Å². The number of hydrogen-bond acceptors (Lipinski definition) is 4. The third-order valence-electron chi connectivity index (χ3n) is 3.22. The highest BCUT2D eigenvalue weighted by molar-refractivity contribution is 4.91. The van der Waals surface area contributed by atoms with Crippen LogP contribution in [-0.4, -0.2) is 44.3 Å². The van der Waals surface area contributed by atoms with Crippen LogP contribution in [0.2, 0.25) is 0 Å². The van der Waals surface area contributed by atoms with Crippen molar-refractivity contribution in [2.45, 2.75) is 52.4 Å². The summed E-state index contributed by atoms with van der Waals surface area (Å²) in [6, 6.07) is 0.527. The topological polar surface area (TPSA) is 46.0 Å². The smallest absolute Gasteiger partial charge is 0.147 e. The van der Waals surface area contributed by atoms with Crippen molar-refractivity contribution in [2.24, 2.45) is 0 Å². The van der Waals surface area contributed by atoms with Crippen LogP contribution in [0.1, 0.15) is 33.5 Å². The van der Waals surface area contributed by atoms with E-state index in [1.54, 1.807) is 0 Å². The third-order valence-corrected chi connectivity index (χ3v) is 3.22. The summed E-state index contributed by atoms with van der Waals surface area (Å²) in [6.45, 7) is 12.9. The Morgan fingerprint density at radius 3 is 2.88 bits per heavy atom. The maximum absolute atomic E-state index is 4.15. The molecule has 2 heterocycles. The van der Waals surface area contributed by atoms with Crippen LogP contribution < -0.4 is 5.32 Å². The Morgan fingerprint density at radius 2 is 2.18 bits per heavy atom. The van der Waals surface area contributed by atoms with Gasteiger partial charge in [-0.2, -0.15) is 0 Å². The lowest BCUT2D eigenvalue weighted by Crippen LogP contribution is -2.48. The Hall–Kier alpha value is -0.940. The second-order valence-electron chi connectivity index (χ2n) is 5.89. The molecule has 17 heavy (non-hydrogen) atoms. The molecule has 1 atom stereocenters. The molecule has 0 aliphatic carbocycles. The van der Waals surface area contributed by atoms with Crippen LogP contribution in [0.25, 0.3) is 0 Å². The molecule has 5 nitrogen and oxygen atoms in total. The molecule has 0 saturated carbocycles. The molecule has 0 aromatic carbocycles. The summed E-state index contributed by atoms with van der Waals surface area (Å²) in [6.07, 6.45) is 1.82. The monoisotopic (exact) mass is 237 g/mol. The first-order chi connectivity index (χ1) is 7.96. The molecule has 1 N–H and O–H groups in total. The summed E-state index contributed by atoms with van der Waals surface area (Å²) < 4.78 is 2.14. The highest BCUT2D eigenvalue weighted by atomic mass is 15.3. The first kappa shape index (κ1) is 12.5. The Bertz CT molecular complexity index is 365. The van der Waals surface area contributed by atoms with Gasteiger partial charge in [0.25, 0.3) is 0 Å². The van der Waals surface area contributed by atoms with Gasteiger partial charge in [-0.1, -0.05) is 0 Å². The molecule has 5 heteroatoms. The molecule has 0 amide bonds. The number of nitrogens with zero attached hydrogens (tertiary/aromatic N) is 4. The van der Waals surface area contributed by atoms with Crippen LogP contribution in [0.5, 0.6) is 0 Å². The number of fused-ring (bicyclic) bond motifs is 1. The zero-order valence-electron chi connectivity index (χ0n) is 11.3. The van der Waals surface area contributed by atoms with Gasteiger partial charge in [-0.15, -0.1) is 10.2 Å². The average molecular weight is 237 g/mol. The molecule has 1 unspecified atom stereocenters. The number of aromatic nitrogens is 3. The minimum atomic E-state index is 0.185. The van der Waals surface area contributed by atoms with Crippen molar-refractivity contribution in [1.82, 2.24) is 25.0 Å². The first-order valence-electron chi connectivity index (χ1n) is 6.31. The molecule has 0 fully saturated rings. The summed E-state index contributed by atoms with van der Waals surface area (Å²) >= 11 is 0. The van der Waals surface area contributed by atoms with Gasteiger partial charge in [-0.25, -0.2) is 0 Å². The maximum atomic E-state index is 4.15. The van der Waals surface area contributed by atoms with E-state index < -0.39 is 0 Å². The number of rotatable bonds is 3. The van der Waals surface area contributed by atoms with E-state index in [-0.39, 0.29) is 5.54 Å². The molecule has 96 valence electrons. The summed E-state index contributed by atoms with van der Waals surface area (Å²) in [5.74, 6) is 1.08. The Labute approximate surface area is 103 Å². The van der Waals surface area contributed by atoms with Crippen molar-refractivity contribution in [3.8, 4) is 0 Å². The minimum Gasteiger partial charge on any atom is -0.315 e. The van der Waals surface area contributed by atoms with Gasteiger partial charge in [0.15, 0.2) is 0 Å². The predicted molar refractivity (Wildman–Crippen MR) is 67.6 cm³/mol. The van der Waals surface area contributed by atoms with E-state index in [1.165, 1.54) is 0 Å². The SMILES string of the molecule is CC(CNC(C)(C)C)N1CCn2cnnc2C1. The predicted octanol–water partition coefficient (Wildman–Crippen LogP) is 0.870. The fourth-order valence-electron chi connectivity index (χ4n) is 2.04. The Balaban J connectivity index is 1.88. The van der Waals surface area contributed by atoms with Gasteiger partial charge < -0.3 is 9.88 Å². The average Bonchev–Trinajstić information content (AvgIpc) is 2.71. The molecule has 1 aromatic rings. The van der Waals surface area contributed by atoms with Crippen molar-refractivity contribution in [2.75, 3.05) is 13.1 Å². The van der Waals surface area contributed by atoms with Crippen molar-refractivity contribution in [1.29, 1.82) is 0 Å². The molecule has 1 aromatic heterocycles. The lowest BCUT2D eigenvalue weighted by Gasteiger charge is -2.34. The highest BCUT2D eigenvalue weighted by Gasteiger charge is 2.22. The van der Waals surface area contributed by atoms with Crippen LogP contribution in [0.3, 0.4) is 0 Å². The van der Waals surface area contributed by atoms with Gasteiger partial charge in [0, 0.05) is 31.2 Å². The fourth-order valence-corrected chi connectivity index (χ4v) is 2.04. The number of nitrogens with one attached hydrogen (secondary N) is 1. The number of hydrogen-bond donors (Lipinski definition) is 1. The van der Waals surface area contributed by atoms with Crippen LogP contribution >= 0.6 is 0 Å². The summed E-state index contributed by atoms with van der Waals surface area (Å²) in [5, 5.41) is 11.7. The zero-order valence-corrected chi connectivity index (χ0v) is 11.3. The van der Waals surface area contributed by atoms with E-state index in [1.807, 2.05) is 6.33 Å². The normalized spacial score (nSPS) is 19.1. The quantitative estimate of drug-likeness (QED) is 0.847. The van der Waals surface area contributed by atoms with Gasteiger partial charge in [0.05, 0.1) is 6.54 Å². The van der Waals surface area contributed by atoms with Gasteiger partial charge in [0.1, 0.15) is 12.2 Å². The second kappa shape index (κ2) is 4.74. The summed E-state index contributed by atoms with van der Waals surface area (Å²) in [5.41, 5.74) is 0.185. The highest BCUT2D eigenvalue weighted by Crippen LogP contribution is 2.12. The van der Waals surface area contributed by atoms with Gasteiger partial charge in [-0.3, -0.25) is 4.90 Å². The molecular weight excluding hydrogens is 214 g/mol. The van der Waals surface area contributed by atoms with Crippen molar-refractivity contribution < 1.29 is 0 Å². The van der Waals surface area contributed by atoms with Crippen molar-refractivity contribution >= 4 is 0 Å². The van der Waals surface area contributed by atoms with E-state index in [4.69, 9.17) is 0 Å². The molecule has 0 radical (unpaired) electrons. The van der Waals surface area contributed by atoms with Crippen LogP contribution in [-0.2, 0) is 13.1 Å². The van der Waals surface area contributed by atoms with Crippen LogP contribution in [0.15, 0.2) is 6.33 Å². The fraction of sp³-hybridized carbons (Fsp3) is 0.833. The second-order valence-corrected chi connectivity index (χ2v) is 5.89. The zero-order chi connectivity index (χ0) is 12.5. The molecule has 0 spiro atoms. The van der Waals surface area contributed by atoms with E-state index in [0.717, 1.165) is 32.0 Å². The molecule has 2 rings (SSSR count). The van der Waals surface area contributed by atoms with E-state index in [2.05, 4.69) is 52.7 Å². The summed E-state index contributed by atoms with van der Waals surface area (Å²) in [4.78, 5) is 2.46. The molecular formula is C12H23N5. The van der Waals surface area contributed by atoms with Gasteiger partial charge >= 0.3 is 0 Å². The van der Waals surface area contributed by atoms with Gasteiger partial charge in [-0.05, 0) is 27.7 Å². The molecule has 0 saturated heterocycles. The first-order valence-corrected chi connectivity index (χ1v) is 6.31. The third kappa shape index (κ3) is 3.26. The Kier molecular flexibility index (Phi) is 3.49. The van der Waals surface area contributed by atoms with Crippen molar-refractivity contribution in [3.05, 3.63) is 12.2 Å². The minimum absolute atomic E-state index is 0.185. The van der Waals surface area contributed by atoms with E-state index >= 15 is 0 Å².